The Morgan fingerprint density at radius 3 is 2.60 bits per heavy atom. The fourth-order valence-corrected chi connectivity index (χ4v) is 4.20. The zero-order chi connectivity index (χ0) is 14.8. The molecule has 0 radical (unpaired) electrons. The number of carbonyl (C=O) groups excluding carboxylic acids is 1. The van der Waals surface area contributed by atoms with Gasteiger partial charge in [-0.15, -0.1) is 0 Å². The summed E-state index contributed by atoms with van der Waals surface area (Å²) in [5, 5.41) is 4.20. The molecule has 0 amide bonds. The van der Waals surface area contributed by atoms with Crippen LogP contribution in [0.25, 0.3) is 0 Å². The maximum atomic E-state index is 12.0. The molecule has 0 bridgehead atoms. The molecule has 1 fully saturated rings. The first-order valence-electron chi connectivity index (χ1n) is 8.16. The number of carbonyl (C=O) groups is 1. The van der Waals surface area contributed by atoms with Crippen molar-refractivity contribution in [2.75, 3.05) is 18.9 Å². The molecule has 1 unspecified atom stereocenters. The van der Waals surface area contributed by atoms with Gasteiger partial charge in [0, 0.05) is 5.25 Å². The highest BCUT2D eigenvalue weighted by molar-refractivity contribution is 7.99. The lowest BCUT2D eigenvalue weighted by atomic mass is 9.95. The monoisotopic (exact) mass is 301 g/mol. The molecule has 1 N–H and O–H groups in total. The summed E-state index contributed by atoms with van der Waals surface area (Å²) in [6.45, 7) is 7.12. The summed E-state index contributed by atoms with van der Waals surface area (Å²) in [4.78, 5) is 12.0. The first-order valence-corrected chi connectivity index (χ1v) is 9.21. The van der Waals surface area contributed by atoms with Gasteiger partial charge in [-0.05, 0) is 51.8 Å². The summed E-state index contributed by atoms with van der Waals surface area (Å²) in [6, 6.07) is 0. The van der Waals surface area contributed by atoms with E-state index in [0.717, 1.165) is 24.6 Å². The first-order chi connectivity index (χ1) is 9.62. The number of hydrogen-bond donors (Lipinski definition) is 1. The first kappa shape index (κ1) is 17.8. The average molecular weight is 301 g/mol. The fourth-order valence-electron chi connectivity index (χ4n) is 2.83. The van der Waals surface area contributed by atoms with Gasteiger partial charge >= 0.3 is 5.97 Å². The molecule has 1 aliphatic carbocycles. The molecular formula is C16H31NO2S. The van der Waals surface area contributed by atoms with Gasteiger partial charge in [-0.2, -0.15) is 11.8 Å². The zero-order valence-corrected chi connectivity index (χ0v) is 14.2. The molecule has 118 valence electrons. The van der Waals surface area contributed by atoms with Crippen molar-refractivity contribution in [3.05, 3.63) is 0 Å². The van der Waals surface area contributed by atoms with Crippen molar-refractivity contribution in [1.29, 1.82) is 0 Å². The van der Waals surface area contributed by atoms with Gasteiger partial charge in [-0.25, -0.2) is 0 Å². The van der Waals surface area contributed by atoms with Gasteiger partial charge in [0.05, 0.1) is 6.61 Å². The maximum Gasteiger partial charge on any atom is 0.326 e. The van der Waals surface area contributed by atoms with Crippen LogP contribution in [0.1, 0.15) is 65.7 Å². The number of nitrogens with one attached hydrogen (secondary N) is 1. The minimum Gasteiger partial charge on any atom is -0.465 e. The Kier molecular flexibility index (Phi) is 8.62. The topological polar surface area (TPSA) is 38.3 Å². The molecule has 0 aromatic rings. The predicted molar refractivity (Wildman–Crippen MR) is 87.3 cm³/mol. The zero-order valence-electron chi connectivity index (χ0n) is 13.4. The highest BCUT2D eigenvalue weighted by Gasteiger charge is 2.32. The smallest absolute Gasteiger partial charge is 0.326 e. The van der Waals surface area contributed by atoms with Crippen LogP contribution in [0.4, 0.5) is 0 Å². The highest BCUT2D eigenvalue weighted by Crippen LogP contribution is 2.30. The van der Waals surface area contributed by atoms with Crippen LogP contribution in [0.5, 0.6) is 0 Å². The Morgan fingerprint density at radius 1 is 1.30 bits per heavy atom. The van der Waals surface area contributed by atoms with E-state index in [1.165, 1.54) is 37.9 Å². The number of likely N-dealkylation sites (N-methyl/N-ethyl adjacent to an activating group) is 1. The molecule has 3 nitrogen and oxygen atoms in total. The standard InChI is InChI=1S/C16H31NO2S/c1-4-17-16(3,15(18)19-5-2)12-8-9-13-20-14-10-6-7-11-14/h14,17H,4-13H2,1-3H3. The van der Waals surface area contributed by atoms with Crippen LogP contribution >= 0.6 is 11.8 Å². The summed E-state index contributed by atoms with van der Waals surface area (Å²) >= 11 is 2.13. The summed E-state index contributed by atoms with van der Waals surface area (Å²) < 4.78 is 5.19. The molecule has 4 heteroatoms. The fraction of sp³-hybridized carbons (Fsp3) is 0.938. The summed E-state index contributed by atoms with van der Waals surface area (Å²) in [5.74, 6) is 1.13. The molecule has 0 spiro atoms. The van der Waals surface area contributed by atoms with Crippen LogP contribution < -0.4 is 5.32 Å². The van der Waals surface area contributed by atoms with Crippen molar-refractivity contribution in [1.82, 2.24) is 5.32 Å². The number of hydrogen-bond acceptors (Lipinski definition) is 4. The highest BCUT2D eigenvalue weighted by atomic mass is 32.2. The van der Waals surface area contributed by atoms with Crippen LogP contribution in [-0.2, 0) is 9.53 Å². The van der Waals surface area contributed by atoms with E-state index < -0.39 is 5.54 Å². The van der Waals surface area contributed by atoms with E-state index in [1.807, 2.05) is 20.8 Å². The SMILES string of the molecule is CCNC(C)(CCCCSC1CCCC1)C(=O)OCC. The molecule has 1 atom stereocenters. The third kappa shape index (κ3) is 6.04. The molecule has 1 aliphatic rings. The third-order valence-electron chi connectivity index (χ3n) is 4.02. The third-order valence-corrected chi connectivity index (χ3v) is 5.49. The number of ether oxygens (including phenoxy) is 1. The van der Waals surface area contributed by atoms with E-state index >= 15 is 0 Å². The summed E-state index contributed by atoms with van der Waals surface area (Å²) in [7, 11) is 0. The molecule has 0 heterocycles. The van der Waals surface area contributed by atoms with Gasteiger partial charge in [-0.3, -0.25) is 4.79 Å². The molecular weight excluding hydrogens is 270 g/mol. The van der Waals surface area contributed by atoms with E-state index in [4.69, 9.17) is 4.74 Å². The molecule has 0 saturated heterocycles. The number of unbranched alkanes of at least 4 members (excludes halogenated alkanes) is 1. The van der Waals surface area contributed by atoms with E-state index in [0.29, 0.717) is 6.61 Å². The minimum absolute atomic E-state index is 0.106. The summed E-state index contributed by atoms with van der Waals surface area (Å²) in [6.07, 6.45) is 8.79. The molecule has 0 aromatic heterocycles. The van der Waals surface area contributed by atoms with Crippen molar-refractivity contribution in [2.45, 2.75) is 76.5 Å². The largest absolute Gasteiger partial charge is 0.465 e. The molecule has 1 rings (SSSR count). The second-order valence-corrected chi connectivity index (χ2v) is 7.23. The second-order valence-electron chi connectivity index (χ2n) is 5.82. The van der Waals surface area contributed by atoms with Crippen molar-refractivity contribution in [3.63, 3.8) is 0 Å². The number of esters is 1. The van der Waals surface area contributed by atoms with Crippen LogP contribution in [0.2, 0.25) is 0 Å². The lowest BCUT2D eigenvalue weighted by Crippen LogP contribution is -2.50. The Labute approximate surface area is 128 Å². The van der Waals surface area contributed by atoms with Gasteiger partial charge < -0.3 is 10.1 Å². The lowest BCUT2D eigenvalue weighted by Gasteiger charge is -2.28. The van der Waals surface area contributed by atoms with Crippen molar-refractivity contribution in [2.24, 2.45) is 0 Å². The van der Waals surface area contributed by atoms with Crippen molar-refractivity contribution >= 4 is 17.7 Å². The molecule has 20 heavy (non-hydrogen) atoms. The second kappa shape index (κ2) is 9.67. The maximum absolute atomic E-state index is 12.0. The van der Waals surface area contributed by atoms with Gasteiger partial charge in [-0.1, -0.05) is 26.2 Å². The van der Waals surface area contributed by atoms with Crippen molar-refractivity contribution in [3.8, 4) is 0 Å². The summed E-state index contributed by atoms with van der Waals surface area (Å²) in [5.41, 5.74) is -0.511. The number of thioether (sulfide) groups is 1. The Balaban J connectivity index is 2.22. The van der Waals surface area contributed by atoms with Crippen LogP contribution in [0.15, 0.2) is 0 Å². The van der Waals surface area contributed by atoms with E-state index in [9.17, 15) is 4.79 Å². The molecule has 1 saturated carbocycles. The average Bonchev–Trinajstić information content (AvgIpc) is 2.92. The van der Waals surface area contributed by atoms with E-state index in [2.05, 4.69) is 17.1 Å². The quantitative estimate of drug-likeness (QED) is 0.492. The Morgan fingerprint density at radius 2 is 2.00 bits per heavy atom. The predicted octanol–water partition coefficient (Wildman–Crippen LogP) is 3.76. The van der Waals surface area contributed by atoms with E-state index in [1.54, 1.807) is 0 Å². The van der Waals surface area contributed by atoms with Crippen molar-refractivity contribution < 1.29 is 9.53 Å². The normalized spacial score (nSPS) is 18.9. The van der Waals surface area contributed by atoms with Crippen LogP contribution in [-0.4, -0.2) is 35.7 Å². The van der Waals surface area contributed by atoms with Gasteiger partial charge in [0.2, 0.25) is 0 Å². The minimum atomic E-state index is -0.511. The number of rotatable bonds is 10. The van der Waals surface area contributed by atoms with Crippen LogP contribution in [0.3, 0.4) is 0 Å². The Bertz CT molecular complexity index is 280. The van der Waals surface area contributed by atoms with Gasteiger partial charge in [0.1, 0.15) is 5.54 Å². The van der Waals surface area contributed by atoms with Gasteiger partial charge in [0.25, 0.3) is 0 Å². The van der Waals surface area contributed by atoms with Crippen LogP contribution in [0, 0.1) is 0 Å². The Hall–Kier alpha value is -0.220. The lowest BCUT2D eigenvalue weighted by molar-refractivity contribution is -0.150. The van der Waals surface area contributed by atoms with E-state index in [-0.39, 0.29) is 5.97 Å². The molecule has 0 aliphatic heterocycles. The molecule has 0 aromatic carbocycles. The van der Waals surface area contributed by atoms with Gasteiger partial charge in [0.15, 0.2) is 0 Å².